The van der Waals surface area contributed by atoms with Gasteiger partial charge in [-0.15, -0.1) is 0 Å². The molecule has 0 saturated heterocycles. The first-order valence-electron chi connectivity index (χ1n) is 14.4. The molecule has 6 aromatic rings. The fourth-order valence-electron chi connectivity index (χ4n) is 5.38. The van der Waals surface area contributed by atoms with E-state index in [-0.39, 0.29) is 5.82 Å². The van der Waals surface area contributed by atoms with E-state index < -0.39 is 11.9 Å². The third-order valence-corrected chi connectivity index (χ3v) is 7.79. The Kier molecular flexibility index (Phi) is 7.19. The lowest BCUT2D eigenvalue weighted by Gasteiger charge is -2.13. The second kappa shape index (κ2) is 11.3. The average Bonchev–Trinajstić information content (AvgIpc) is 3.70. The van der Waals surface area contributed by atoms with Gasteiger partial charge in [-0.2, -0.15) is 18.2 Å². The molecule has 0 bridgehead atoms. The lowest BCUT2D eigenvalue weighted by Crippen LogP contribution is -2.05. The molecule has 1 aliphatic rings. The highest BCUT2D eigenvalue weighted by atomic mass is 19.4. The number of ether oxygens (including phenoxy) is 2. The average molecular weight is 612 g/mol. The number of halogens is 3. The van der Waals surface area contributed by atoms with Crippen LogP contribution >= 0.6 is 0 Å². The molecule has 228 valence electrons. The number of imidazole rings is 1. The molecule has 1 aliphatic carbocycles. The van der Waals surface area contributed by atoms with E-state index in [0.29, 0.717) is 58.7 Å². The van der Waals surface area contributed by atoms with Gasteiger partial charge in [0.15, 0.2) is 11.5 Å². The van der Waals surface area contributed by atoms with Gasteiger partial charge in [0.25, 0.3) is 0 Å². The number of aryl methyl sites for hydroxylation is 1. The zero-order chi connectivity index (χ0) is 31.1. The lowest BCUT2D eigenvalue weighted by atomic mass is 10.0. The number of nitrogens with zero attached hydrogens (tertiary/aromatic N) is 6. The highest BCUT2D eigenvalue weighted by molar-refractivity contribution is 5.86. The summed E-state index contributed by atoms with van der Waals surface area (Å²) in [6.45, 7) is 0.309. The van der Waals surface area contributed by atoms with Gasteiger partial charge in [0.1, 0.15) is 29.8 Å². The van der Waals surface area contributed by atoms with Crippen LogP contribution < -0.4 is 9.47 Å². The second-order valence-corrected chi connectivity index (χ2v) is 11.0. The van der Waals surface area contributed by atoms with Gasteiger partial charge in [-0.3, -0.25) is 0 Å². The summed E-state index contributed by atoms with van der Waals surface area (Å²) in [5, 5.41) is 0. The number of aromatic nitrogens is 7. The Balaban J connectivity index is 1.26. The van der Waals surface area contributed by atoms with Crippen molar-refractivity contribution in [3.8, 4) is 34.5 Å². The predicted molar refractivity (Wildman–Crippen MR) is 161 cm³/mol. The van der Waals surface area contributed by atoms with E-state index in [1.54, 1.807) is 26.3 Å². The maximum absolute atomic E-state index is 13.2. The molecule has 0 spiro atoms. The number of rotatable bonds is 9. The molecule has 4 aromatic heterocycles. The highest BCUT2D eigenvalue weighted by Crippen LogP contribution is 2.45. The Bertz CT molecular complexity index is 1980. The minimum absolute atomic E-state index is 0.240. The van der Waals surface area contributed by atoms with Crippen molar-refractivity contribution in [3.63, 3.8) is 0 Å². The van der Waals surface area contributed by atoms with Crippen LogP contribution in [0.5, 0.6) is 11.8 Å². The summed E-state index contributed by atoms with van der Waals surface area (Å²) in [5.41, 5.74) is 5.32. The van der Waals surface area contributed by atoms with E-state index in [0.717, 1.165) is 41.4 Å². The van der Waals surface area contributed by atoms with Crippen molar-refractivity contribution < 1.29 is 22.6 Å². The van der Waals surface area contributed by atoms with E-state index in [2.05, 4.69) is 19.9 Å². The Morgan fingerprint density at radius 1 is 0.933 bits per heavy atom. The highest BCUT2D eigenvalue weighted by Gasteiger charge is 2.35. The van der Waals surface area contributed by atoms with Crippen LogP contribution in [-0.4, -0.2) is 41.6 Å². The third kappa shape index (κ3) is 5.70. The van der Waals surface area contributed by atoms with Gasteiger partial charge < -0.3 is 19.0 Å². The van der Waals surface area contributed by atoms with Crippen LogP contribution in [0.2, 0.25) is 0 Å². The van der Waals surface area contributed by atoms with Gasteiger partial charge in [-0.1, -0.05) is 54.6 Å². The van der Waals surface area contributed by atoms with Crippen LogP contribution in [0.15, 0.2) is 73.3 Å². The molecule has 0 aliphatic heterocycles. The van der Waals surface area contributed by atoms with Crippen LogP contribution in [-0.2, 0) is 26.3 Å². The molecular weight excluding hydrogens is 583 g/mol. The van der Waals surface area contributed by atoms with E-state index in [4.69, 9.17) is 19.4 Å². The number of H-pyrrole nitrogens is 1. The van der Waals surface area contributed by atoms with Crippen LogP contribution in [0, 0.1) is 0 Å². The van der Waals surface area contributed by atoms with Crippen LogP contribution in [0.1, 0.15) is 46.8 Å². The van der Waals surface area contributed by atoms with Crippen molar-refractivity contribution in [3.05, 3.63) is 101 Å². The smallest absolute Gasteiger partial charge is 0.434 e. The number of methoxy groups -OCH3 is 1. The van der Waals surface area contributed by atoms with Crippen molar-refractivity contribution in [1.82, 2.24) is 34.5 Å². The summed E-state index contributed by atoms with van der Waals surface area (Å²) in [4.78, 5) is 25.9. The molecule has 7 rings (SSSR count). The maximum atomic E-state index is 13.2. The summed E-state index contributed by atoms with van der Waals surface area (Å²) >= 11 is 0. The Morgan fingerprint density at radius 3 is 2.40 bits per heavy atom. The molecule has 12 heteroatoms. The van der Waals surface area contributed by atoms with E-state index in [1.807, 2.05) is 48.7 Å². The number of hydrogen-bond acceptors (Lipinski definition) is 7. The standard InChI is InChI=1S/C33H28F3N7O2/c1-43-16-24(33(34,35)36)40-30(43)22-10-8-19(9-11-22)14-23-15-37-28-27(23)41-29(42-32(28)45-17-20-6-4-3-5-7-20)25-26(21-12-13-21)38-18-39-31(25)44-2/h3-11,15-16,18,21,37H,12-14,17H2,1-2H3. The SMILES string of the molecule is COc1ncnc(C2CC2)c1-c1nc(OCc2ccccc2)c2[nH]cc(Cc3ccc(-c4nc(C(F)(F)F)cn4C)cc3)c2n1. The first-order chi connectivity index (χ1) is 21.8. The minimum atomic E-state index is -4.51. The Labute approximate surface area is 256 Å². The molecule has 0 unspecified atom stereocenters. The number of nitrogens with one attached hydrogen (secondary N) is 1. The number of aromatic amines is 1. The predicted octanol–water partition coefficient (Wildman–Crippen LogP) is 6.89. The molecular formula is C33H28F3N7O2. The van der Waals surface area contributed by atoms with Crippen LogP contribution in [0.3, 0.4) is 0 Å². The van der Waals surface area contributed by atoms with Crippen molar-refractivity contribution in [1.29, 1.82) is 0 Å². The fourth-order valence-corrected chi connectivity index (χ4v) is 5.38. The van der Waals surface area contributed by atoms with Gasteiger partial charge in [-0.25, -0.2) is 19.9 Å². The summed E-state index contributed by atoms with van der Waals surface area (Å²) in [5.74, 6) is 1.74. The molecule has 45 heavy (non-hydrogen) atoms. The number of benzene rings is 2. The lowest BCUT2D eigenvalue weighted by molar-refractivity contribution is -0.140. The topological polar surface area (TPSA) is 104 Å². The van der Waals surface area contributed by atoms with Gasteiger partial charge >= 0.3 is 6.18 Å². The molecule has 1 saturated carbocycles. The van der Waals surface area contributed by atoms with E-state index >= 15 is 0 Å². The van der Waals surface area contributed by atoms with E-state index in [1.165, 1.54) is 10.9 Å². The monoisotopic (exact) mass is 611 g/mol. The number of hydrogen-bond donors (Lipinski definition) is 1. The molecule has 2 aromatic carbocycles. The fraction of sp³-hybridized carbons (Fsp3) is 0.242. The van der Waals surface area contributed by atoms with E-state index in [9.17, 15) is 13.2 Å². The maximum Gasteiger partial charge on any atom is 0.434 e. The normalized spacial score (nSPS) is 13.4. The summed E-state index contributed by atoms with van der Waals surface area (Å²) in [7, 11) is 3.11. The summed E-state index contributed by atoms with van der Waals surface area (Å²) in [6.07, 6.45) is 2.41. The molecule has 0 amide bonds. The summed E-state index contributed by atoms with van der Waals surface area (Å²) in [6, 6.07) is 17.1. The largest absolute Gasteiger partial charge is 0.480 e. The van der Waals surface area contributed by atoms with Gasteiger partial charge in [0.05, 0.1) is 18.3 Å². The molecule has 1 fully saturated rings. The van der Waals surface area contributed by atoms with Crippen molar-refractivity contribution in [2.75, 3.05) is 7.11 Å². The Morgan fingerprint density at radius 2 is 1.71 bits per heavy atom. The number of alkyl halides is 3. The quantitative estimate of drug-likeness (QED) is 0.190. The minimum Gasteiger partial charge on any atom is -0.480 e. The van der Waals surface area contributed by atoms with Crippen molar-refractivity contribution in [2.24, 2.45) is 7.05 Å². The van der Waals surface area contributed by atoms with Crippen LogP contribution in [0.4, 0.5) is 13.2 Å². The molecule has 0 radical (unpaired) electrons. The first-order valence-corrected chi connectivity index (χ1v) is 14.4. The van der Waals surface area contributed by atoms with Crippen molar-refractivity contribution >= 4 is 11.0 Å². The zero-order valence-corrected chi connectivity index (χ0v) is 24.5. The first kappa shape index (κ1) is 28.5. The second-order valence-electron chi connectivity index (χ2n) is 11.0. The van der Waals surface area contributed by atoms with Crippen molar-refractivity contribution in [2.45, 2.75) is 38.0 Å². The molecule has 0 atom stereocenters. The molecule has 1 N–H and O–H groups in total. The van der Waals surface area contributed by atoms with Gasteiger partial charge in [-0.05, 0) is 24.0 Å². The van der Waals surface area contributed by atoms with Gasteiger partial charge in [0, 0.05) is 42.9 Å². The van der Waals surface area contributed by atoms with Gasteiger partial charge in [0.2, 0.25) is 11.8 Å². The number of fused-ring (bicyclic) bond motifs is 1. The molecule has 4 heterocycles. The third-order valence-electron chi connectivity index (χ3n) is 7.79. The molecule has 9 nitrogen and oxygen atoms in total. The van der Waals surface area contributed by atoms with Crippen LogP contribution in [0.25, 0.3) is 33.8 Å². The zero-order valence-electron chi connectivity index (χ0n) is 24.5. The summed E-state index contributed by atoms with van der Waals surface area (Å²) < 4.78 is 52.9. The Hall–Kier alpha value is -5.26.